The van der Waals surface area contributed by atoms with E-state index in [0.29, 0.717) is 6.42 Å². The van der Waals surface area contributed by atoms with Gasteiger partial charge in [0.05, 0.1) is 12.1 Å². The van der Waals surface area contributed by atoms with Gasteiger partial charge in [-0.1, -0.05) is 31.5 Å². The maximum absolute atomic E-state index is 12.8. The number of carbonyl (C=O) groups excluding carboxylic acids is 2. The molecule has 1 aromatic heterocycles. The van der Waals surface area contributed by atoms with Crippen LogP contribution in [0.3, 0.4) is 0 Å². The first kappa shape index (κ1) is 16.8. The van der Waals surface area contributed by atoms with Crippen LogP contribution in [0, 0.1) is 0 Å². The van der Waals surface area contributed by atoms with Crippen LogP contribution in [0.5, 0.6) is 0 Å². The summed E-state index contributed by atoms with van der Waals surface area (Å²) in [6, 6.07) is 13.5. The summed E-state index contributed by atoms with van der Waals surface area (Å²) in [5, 5.41) is 6.86. The van der Waals surface area contributed by atoms with Crippen LogP contribution in [0.25, 0.3) is 10.8 Å². The number of thiophene rings is 1. The van der Waals surface area contributed by atoms with Gasteiger partial charge in [0.1, 0.15) is 0 Å². The Hall–Kier alpha value is -2.66. The molecule has 4 rings (SSSR count). The second-order valence-corrected chi connectivity index (χ2v) is 7.51. The molecule has 0 bridgehead atoms. The summed E-state index contributed by atoms with van der Waals surface area (Å²) in [6.07, 6.45) is 2.38. The van der Waals surface area contributed by atoms with Crippen LogP contribution in [0.15, 0.2) is 47.8 Å². The first-order valence-electron chi connectivity index (χ1n) is 8.89. The quantitative estimate of drug-likeness (QED) is 0.680. The van der Waals surface area contributed by atoms with E-state index in [4.69, 9.17) is 0 Å². The van der Waals surface area contributed by atoms with Gasteiger partial charge >= 0.3 is 0 Å². The van der Waals surface area contributed by atoms with E-state index in [2.05, 4.69) is 12.2 Å². The number of rotatable bonds is 6. The second kappa shape index (κ2) is 6.92. The number of hydrogen-bond acceptors (Lipinski definition) is 3. The lowest BCUT2D eigenvalue weighted by Gasteiger charge is -2.17. The molecule has 1 N–H and O–H groups in total. The number of carbonyl (C=O) groups is 2. The number of hydrogen-bond donors (Lipinski definition) is 1. The van der Waals surface area contributed by atoms with Gasteiger partial charge in [-0.2, -0.15) is 0 Å². The molecule has 2 heterocycles. The van der Waals surface area contributed by atoms with Crippen molar-refractivity contribution in [2.75, 3.05) is 16.8 Å². The van der Waals surface area contributed by atoms with E-state index < -0.39 is 0 Å². The largest absolute Gasteiger partial charge is 0.325 e. The molecule has 2 aromatic carbocycles. The summed E-state index contributed by atoms with van der Waals surface area (Å²) in [5.41, 5.74) is 2.44. The molecule has 1 aliphatic heterocycles. The van der Waals surface area contributed by atoms with E-state index in [9.17, 15) is 9.59 Å². The molecule has 0 unspecified atom stereocenters. The molecule has 1 aliphatic rings. The van der Waals surface area contributed by atoms with Crippen LogP contribution in [-0.4, -0.2) is 18.4 Å². The standard InChI is InChI=1S/C21H20N2O2S/c1-2-3-11-23-18-10-9-17(22-19(24)13-14-6-5-12-26-14)15-7-4-8-16(20(15)18)21(23)25/h4-10,12H,2-3,11,13H2,1H3,(H,22,24). The topological polar surface area (TPSA) is 49.4 Å². The van der Waals surface area contributed by atoms with Crippen molar-refractivity contribution in [1.29, 1.82) is 0 Å². The zero-order valence-corrected chi connectivity index (χ0v) is 15.4. The highest BCUT2D eigenvalue weighted by molar-refractivity contribution is 7.10. The maximum Gasteiger partial charge on any atom is 0.258 e. The molecular formula is C21H20N2O2S. The molecule has 132 valence electrons. The number of nitrogens with zero attached hydrogens (tertiary/aromatic N) is 1. The Morgan fingerprint density at radius 1 is 1.15 bits per heavy atom. The molecule has 2 amide bonds. The van der Waals surface area contributed by atoms with Crippen LogP contribution >= 0.6 is 11.3 Å². The average Bonchev–Trinajstić information content (AvgIpc) is 3.24. The zero-order chi connectivity index (χ0) is 18.1. The Morgan fingerprint density at radius 3 is 2.81 bits per heavy atom. The van der Waals surface area contributed by atoms with E-state index in [1.54, 1.807) is 11.3 Å². The first-order chi connectivity index (χ1) is 12.7. The molecule has 26 heavy (non-hydrogen) atoms. The molecule has 4 nitrogen and oxygen atoms in total. The fraction of sp³-hybridized carbons (Fsp3) is 0.238. The molecule has 3 aromatic rings. The monoisotopic (exact) mass is 364 g/mol. The van der Waals surface area contributed by atoms with Crippen molar-refractivity contribution < 1.29 is 9.59 Å². The van der Waals surface area contributed by atoms with Gasteiger partial charge in [-0.05, 0) is 36.1 Å². The van der Waals surface area contributed by atoms with Crippen molar-refractivity contribution >= 4 is 45.3 Å². The van der Waals surface area contributed by atoms with Gasteiger partial charge in [0.2, 0.25) is 5.91 Å². The number of amides is 2. The summed E-state index contributed by atoms with van der Waals surface area (Å²) in [4.78, 5) is 28.1. The first-order valence-corrected chi connectivity index (χ1v) is 9.77. The molecular weight excluding hydrogens is 344 g/mol. The zero-order valence-electron chi connectivity index (χ0n) is 14.6. The average molecular weight is 364 g/mol. The van der Waals surface area contributed by atoms with Crippen molar-refractivity contribution in [3.05, 3.63) is 58.3 Å². The smallest absolute Gasteiger partial charge is 0.258 e. The number of benzene rings is 2. The summed E-state index contributed by atoms with van der Waals surface area (Å²) in [5.74, 6) is 0.0152. The van der Waals surface area contributed by atoms with Crippen molar-refractivity contribution in [1.82, 2.24) is 0 Å². The van der Waals surface area contributed by atoms with Gasteiger partial charge in [0, 0.05) is 33.4 Å². The molecule has 0 radical (unpaired) electrons. The van der Waals surface area contributed by atoms with Gasteiger partial charge in [-0.15, -0.1) is 11.3 Å². The SMILES string of the molecule is CCCCN1C(=O)c2cccc3c(NC(=O)Cc4cccs4)ccc1c23. The van der Waals surface area contributed by atoms with Crippen molar-refractivity contribution in [2.24, 2.45) is 0 Å². The van der Waals surface area contributed by atoms with E-state index in [1.807, 2.05) is 52.7 Å². The maximum atomic E-state index is 12.8. The molecule has 0 spiro atoms. The van der Waals surface area contributed by atoms with Crippen molar-refractivity contribution in [3.8, 4) is 0 Å². The third-order valence-electron chi connectivity index (χ3n) is 4.71. The lowest BCUT2D eigenvalue weighted by molar-refractivity contribution is -0.115. The summed E-state index contributed by atoms with van der Waals surface area (Å²) in [6.45, 7) is 2.85. The highest BCUT2D eigenvalue weighted by Gasteiger charge is 2.30. The van der Waals surface area contributed by atoms with E-state index >= 15 is 0 Å². The van der Waals surface area contributed by atoms with Gasteiger partial charge in [-0.3, -0.25) is 9.59 Å². The Labute approximate surface area is 156 Å². The lowest BCUT2D eigenvalue weighted by atomic mass is 10.0. The second-order valence-electron chi connectivity index (χ2n) is 6.48. The summed E-state index contributed by atoms with van der Waals surface area (Å²) >= 11 is 1.58. The minimum atomic E-state index is -0.0414. The molecule has 0 aliphatic carbocycles. The molecule has 0 saturated carbocycles. The van der Waals surface area contributed by atoms with Gasteiger partial charge in [-0.25, -0.2) is 0 Å². The predicted molar refractivity (Wildman–Crippen MR) is 107 cm³/mol. The molecule has 0 fully saturated rings. The van der Waals surface area contributed by atoms with Crippen LogP contribution < -0.4 is 10.2 Å². The number of anilines is 2. The summed E-state index contributed by atoms with van der Waals surface area (Å²) < 4.78 is 0. The van der Waals surface area contributed by atoms with Crippen molar-refractivity contribution in [2.45, 2.75) is 26.2 Å². The number of nitrogens with one attached hydrogen (secondary N) is 1. The Morgan fingerprint density at radius 2 is 2.04 bits per heavy atom. The highest BCUT2D eigenvalue weighted by atomic mass is 32.1. The Balaban J connectivity index is 1.68. The lowest BCUT2D eigenvalue weighted by Crippen LogP contribution is -2.27. The van der Waals surface area contributed by atoms with Gasteiger partial charge in [0.15, 0.2) is 0 Å². The highest BCUT2D eigenvalue weighted by Crippen LogP contribution is 2.40. The molecule has 5 heteroatoms. The van der Waals surface area contributed by atoms with E-state index in [1.165, 1.54) is 0 Å². The fourth-order valence-electron chi connectivity index (χ4n) is 3.46. The van der Waals surface area contributed by atoms with Crippen LogP contribution in [-0.2, 0) is 11.2 Å². The third-order valence-corrected chi connectivity index (χ3v) is 5.59. The van der Waals surface area contributed by atoms with Crippen LogP contribution in [0.1, 0.15) is 35.0 Å². The molecule has 0 saturated heterocycles. The third kappa shape index (κ3) is 2.88. The van der Waals surface area contributed by atoms with Gasteiger partial charge in [0.25, 0.3) is 5.91 Å². The number of unbranched alkanes of at least 4 members (excludes halogenated alkanes) is 1. The van der Waals surface area contributed by atoms with Crippen molar-refractivity contribution in [3.63, 3.8) is 0 Å². The van der Waals surface area contributed by atoms with Crippen LogP contribution in [0.2, 0.25) is 0 Å². The molecule has 0 atom stereocenters. The van der Waals surface area contributed by atoms with Crippen LogP contribution in [0.4, 0.5) is 11.4 Å². The van der Waals surface area contributed by atoms with Gasteiger partial charge < -0.3 is 10.2 Å². The Bertz CT molecular complexity index is 979. The Kier molecular flexibility index (Phi) is 4.47. The summed E-state index contributed by atoms with van der Waals surface area (Å²) in [7, 11) is 0. The predicted octanol–water partition coefficient (Wildman–Crippen LogP) is 4.84. The minimum absolute atomic E-state index is 0.0414. The normalized spacial score (nSPS) is 12.8. The minimum Gasteiger partial charge on any atom is -0.325 e. The van der Waals surface area contributed by atoms with E-state index in [0.717, 1.165) is 52.0 Å². The van der Waals surface area contributed by atoms with E-state index in [-0.39, 0.29) is 11.8 Å². The fourth-order valence-corrected chi connectivity index (χ4v) is 4.16.